The van der Waals surface area contributed by atoms with Gasteiger partial charge in [-0.3, -0.25) is 0 Å². The van der Waals surface area contributed by atoms with Crippen LogP contribution in [0.25, 0.3) is 10.9 Å². The average Bonchev–Trinajstić information content (AvgIpc) is 2.27. The lowest BCUT2D eigenvalue weighted by atomic mass is 10.1. The third kappa shape index (κ3) is 2.01. The summed E-state index contributed by atoms with van der Waals surface area (Å²) >= 11 is 3.50. The number of nitrogens with zero attached hydrogens (tertiary/aromatic N) is 1. The highest BCUT2D eigenvalue weighted by atomic mass is 79.9. The molecular formula is C13H13BrN2. The Kier molecular flexibility index (Phi) is 3.08. The Morgan fingerprint density at radius 3 is 2.81 bits per heavy atom. The summed E-state index contributed by atoms with van der Waals surface area (Å²) in [5.74, 6) is 0. The second-order valence-corrected chi connectivity index (χ2v) is 4.73. The molecule has 2 N–H and O–H groups in total. The van der Waals surface area contributed by atoms with Crippen molar-refractivity contribution < 1.29 is 0 Å². The molecule has 1 aromatic heterocycles. The van der Waals surface area contributed by atoms with E-state index in [0.717, 1.165) is 26.6 Å². The van der Waals surface area contributed by atoms with E-state index in [0.29, 0.717) is 0 Å². The van der Waals surface area contributed by atoms with Gasteiger partial charge in [-0.2, -0.15) is 0 Å². The summed E-state index contributed by atoms with van der Waals surface area (Å²) in [7, 11) is 0. The normalized spacial score (nSPS) is 12.7. The molecule has 2 rings (SSSR count). The van der Waals surface area contributed by atoms with Crippen LogP contribution in [0.2, 0.25) is 0 Å². The molecule has 2 nitrogen and oxygen atoms in total. The molecule has 0 fully saturated rings. The van der Waals surface area contributed by atoms with Crippen molar-refractivity contribution in [2.45, 2.75) is 13.0 Å². The number of halogens is 1. The highest BCUT2D eigenvalue weighted by molar-refractivity contribution is 9.10. The lowest BCUT2D eigenvalue weighted by Crippen LogP contribution is -2.13. The van der Waals surface area contributed by atoms with Gasteiger partial charge in [-0.05, 0) is 35.0 Å². The highest BCUT2D eigenvalue weighted by Crippen LogP contribution is 2.27. The number of para-hydroxylation sites is 1. The predicted molar refractivity (Wildman–Crippen MR) is 71.2 cm³/mol. The summed E-state index contributed by atoms with van der Waals surface area (Å²) in [5, 5.41) is 1.10. The van der Waals surface area contributed by atoms with Crippen LogP contribution in [0.15, 0.2) is 47.0 Å². The molecule has 3 heteroatoms. The maximum absolute atomic E-state index is 6.04. The smallest absolute Gasteiger partial charge is 0.0762 e. The topological polar surface area (TPSA) is 38.9 Å². The van der Waals surface area contributed by atoms with E-state index in [1.807, 2.05) is 37.3 Å². The van der Waals surface area contributed by atoms with Gasteiger partial charge >= 0.3 is 0 Å². The first-order valence-corrected chi connectivity index (χ1v) is 5.85. The molecule has 0 aliphatic carbocycles. The summed E-state index contributed by atoms with van der Waals surface area (Å²) in [6, 6.07) is 9.80. The van der Waals surface area contributed by atoms with Crippen LogP contribution in [-0.2, 0) is 0 Å². The Balaban J connectivity index is 2.62. The molecule has 2 aromatic rings. The van der Waals surface area contributed by atoms with E-state index in [1.165, 1.54) is 0 Å². The van der Waals surface area contributed by atoms with Gasteiger partial charge in [0.1, 0.15) is 0 Å². The van der Waals surface area contributed by atoms with Crippen molar-refractivity contribution in [3.8, 4) is 0 Å². The summed E-state index contributed by atoms with van der Waals surface area (Å²) in [6.07, 6.45) is 0. The van der Waals surface area contributed by atoms with Crippen molar-refractivity contribution in [2.75, 3.05) is 0 Å². The van der Waals surface area contributed by atoms with Gasteiger partial charge in [0.2, 0.25) is 0 Å². The zero-order chi connectivity index (χ0) is 11.7. The first-order valence-electron chi connectivity index (χ1n) is 5.06. The molecule has 1 atom stereocenters. The maximum atomic E-state index is 6.04. The lowest BCUT2D eigenvalue weighted by molar-refractivity contribution is 0.812. The molecule has 0 aliphatic rings. The summed E-state index contributed by atoms with van der Waals surface area (Å²) in [6.45, 7) is 5.78. The minimum Gasteiger partial charge on any atom is -0.319 e. The fourth-order valence-corrected chi connectivity index (χ4v) is 2.14. The number of rotatable bonds is 2. The van der Waals surface area contributed by atoms with Crippen LogP contribution in [0.1, 0.15) is 18.7 Å². The van der Waals surface area contributed by atoms with Crippen LogP contribution < -0.4 is 5.73 Å². The van der Waals surface area contributed by atoms with E-state index in [-0.39, 0.29) is 6.04 Å². The fraction of sp³-hybridized carbons (Fsp3) is 0.154. The maximum Gasteiger partial charge on any atom is 0.0762 e. The molecule has 0 radical (unpaired) electrons. The zero-order valence-corrected chi connectivity index (χ0v) is 10.7. The highest BCUT2D eigenvalue weighted by Gasteiger charge is 2.13. The second-order valence-electron chi connectivity index (χ2n) is 3.87. The van der Waals surface area contributed by atoms with E-state index in [9.17, 15) is 0 Å². The van der Waals surface area contributed by atoms with Crippen molar-refractivity contribution in [3.63, 3.8) is 0 Å². The number of aromatic nitrogens is 1. The van der Waals surface area contributed by atoms with Crippen LogP contribution in [-0.4, -0.2) is 4.98 Å². The molecule has 1 aromatic carbocycles. The van der Waals surface area contributed by atoms with E-state index in [4.69, 9.17) is 5.73 Å². The quantitative estimate of drug-likeness (QED) is 0.852. The molecule has 1 unspecified atom stereocenters. The Labute approximate surface area is 103 Å². The van der Waals surface area contributed by atoms with Crippen LogP contribution in [0.4, 0.5) is 0 Å². The minimum atomic E-state index is -0.223. The number of hydrogen-bond acceptors (Lipinski definition) is 2. The van der Waals surface area contributed by atoms with Crippen LogP contribution in [0.5, 0.6) is 0 Å². The summed E-state index contributed by atoms with van der Waals surface area (Å²) in [5.41, 5.74) is 8.74. The van der Waals surface area contributed by atoms with Crippen LogP contribution in [0.3, 0.4) is 0 Å². The molecule has 0 saturated carbocycles. The van der Waals surface area contributed by atoms with E-state index in [2.05, 4.69) is 27.5 Å². The van der Waals surface area contributed by atoms with Gasteiger partial charge in [0.25, 0.3) is 0 Å². The molecule has 0 spiro atoms. The Hall–Kier alpha value is -1.19. The van der Waals surface area contributed by atoms with Gasteiger partial charge in [-0.1, -0.05) is 30.4 Å². The second kappa shape index (κ2) is 4.36. The number of benzene rings is 1. The number of nitrogens with two attached hydrogens (primary N) is 1. The van der Waals surface area contributed by atoms with Crippen molar-refractivity contribution in [1.29, 1.82) is 0 Å². The lowest BCUT2D eigenvalue weighted by Gasteiger charge is -2.13. The monoisotopic (exact) mass is 276 g/mol. The zero-order valence-electron chi connectivity index (χ0n) is 9.07. The first-order chi connectivity index (χ1) is 7.59. The average molecular weight is 277 g/mol. The van der Waals surface area contributed by atoms with Crippen molar-refractivity contribution in [1.82, 2.24) is 4.98 Å². The van der Waals surface area contributed by atoms with E-state index >= 15 is 0 Å². The first kappa shape index (κ1) is 11.3. The van der Waals surface area contributed by atoms with Crippen molar-refractivity contribution in [3.05, 3.63) is 52.7 Å². The largest absolute Gasteiger partial charge is 0.319 e. The van der Waals surface area contributed by atoms with Crippen LogP contribution >= 0.6 is 15.9 Å². The number of hydrogen-bond donors (Lipinski definition) is 1. The summed E-state index contributed by atoms with van der Waals surface area (Å²) < 4.78 is 0.932. The molecular weight excluding hydrogens is 264 g/mol. The third-order valence-electron chi connectivity index (χ3n) is 2.53. The Morgan fingerprint density at radius 1 is 1.44 bits per heavy atom. The minimum absolute atomic E-state index is 0.223. The number of fused-ring (bicyclic) bond motifs is 1. The number of pyridine rings is 1. The van der Waals surface area contributed by atoms with Crippen molar-refractivity contribution in [2.24, 2.45) is 5.73 Å². The summed E-state index contributed by atoms with van der Waals surface area (Å²) in [4.78, 5) is 4.56. The fourth-order valence-electron chi connectivity index (χ4n) is 1.56. The van der Waals surface area contributed by atoms with Crippen molar-refractivity contribution >= 4 is 26.8 Å². The third-order valence-corrected chi connectivity index (χ3v) is 3.17. The van der Waals surface area contributed by atoms with Gasteiger partial charge in [-0.25, -0.2) is 4.98 Å². The van der Waals surface area contributed by atoms with E-state index < -0.39 is 0 Å². The molecule has 0 amide bonds. The molecule has 0 saturated heterocycles. The predicted octanol–water partition coefficient (Wildman–Crippen LogP) is 3.57. The molecule has 16 heavy (non-hydrogen) atoms. The Bertz CT molecular complexity index is 549. The standard InChI is InChI=1S/C13H13BrN2/c1-8(2)12(15)13-10(14)7-9-5-3-4-6-11(9)16-13/h3-7,12H,1,15H2,2H3. The Morgan fingerprint density at radius 2 is 2.12 bits per heavy atom. The molecule has 1 heterocycles. The van der Waals surface area contributed by atoms with Gasteiger partial charge in [0.15, 0.2) is 0 Å². The SMILES string of the molecule is C=C(C)C(N)c1nc2ccccc2cc1Br. The van der Waals surface area contributed by atoms with Gasteiger partial charge in [0, 0.05) is 9.86 Å². The molecule has 0 aliphatic heterocycles. The molecule has 82 valence electrons. The van der Waals surface area contributed by atoms with Crippen LogP contribution in [0, 0.1) is 0 Å². The van der Waals surface area contributed by atoms with E-state index in [1.54, 1.807) is 0 Å². The van der Waals surface area contributed by atoms with Gasteiger partial charge in [0.05, 0.1) is 17.3 Å². The molecule has 0 bridgehead atoms. The van der Waals surface area contributed by atoms with Gasteiger partial charge in [-0.15, -0.1) is 0 Å². The van der Waals surface area contributed by atoms with Gasteiger partial charge < -0.3 is 5.73 Å².